The number of nitrogens with one attached hydrogen (secondary N) is 4. The van der Waals surface area contributed by atoms with E-state index in [0.29, 0.717) is 47.4 Å². The quantitative estimate of drug-likeness (QED) is 0.200. The Bertz CT molecular complexity index is 965. The molecule has 0 aliphatic rings. The van der Waals surface area contributed by atoms with Gasteiger partial charge < -0.3 is 27.0 Å². The van der Waals surface area contributed by atoms with E-state index >= 15 is 0 Å². The van der Waals surface area contributed by atoms with Crippen LogP contribution in [0.15, 0.2) is 48.5 Å². The molecule has 2 rings (SSSR count). The summed E-state index contributed by atoms with van der Waals surface area (Å²) in [5.41, 5.74) is 12.3. The van der Waals surface area contributed by atoms with Crippen molar-refractivity contribution < 1.29 is 9.59 Å². The molecule has 2 aromatic rings. The lowest BCUT2D eigenvalue weighted by atomic mass is 10.3. The van der Waals surface area contributed by atoms with Gasteiger partial charge in [0.1, 0.15) is 0 Å². The molecule has 0 aliphatic heterocycles. The van der Waals surface area contributed by atoms with Gasteiger partial charge in [0, 0.05) is 34.5 Å². The second-order valence-electron chi connectivity index (χ2n) is 7.96. The average molecular weight is 536 g/mol. The molecule has 2 aromatic carbocycles. The molecule has 0 aliphatic carbocycles. The molecular formula is C23H31Cl2N9O2. The number of nitrogens with two attached hydrogens (primary N) is 2. The highest BCUT2D eigenvalue weighted by molar-refractivity contribution is 6.31. The number of hydrogen-bond donors (Lipinski definition) is 6. The molecule has 13 heteroatoms. The van der Waals surface area contributed by atoms with Gasteiger partial charge in [0.05, 0.1) is 0 Å². The minimum absolute atomic E-state index is 0.252. The second-order valence-corrected chi connectivity index (χ2v) is 8.83. The molecule has 0 atom stereocenters. The molecule has 0 bridgehead atoms. The SMILES string of the molecule is CN(CCCN(C(=N)N)C(=O)Nc1ccc(Cl)cc1)CCCN(C(=N)N)C(=O)Nc1ccc(Cl)cc1. The van der Waals surface area contributed by atoms with E-state index in [2.05, 4.69) is 10.6 Å². The molecule has 36 heavy (non-hydrogen) atoms. The number of halogens is 2. The molecular weight excluding hydrogens is 505 g/mol. The van der Waals surface area contributed by atoms with Crippen LogP contribution in [-0.4, -0.2) is 71.9 Å². The molecule has 0 spiro atoms. The maximum absolute atomic E-state index is 12.5. The minimum Gasteiger partial charge on any atom is -0.370 e. The zero-order chi connectivity index (χ0) is 26.7. The van der Waals surface area contributed by atoms with Gasteiger partial charge in [-0.3, -0.25) is 20.6 Å². The number of guanidine groups is 2. The number of hydrogen-bond acceptors (Lipinski definition) is 5. The van der Waals surface area contributed by atoms with E-state index in [1.165, 1.54) is 0 Å². The predicted molar refractivity (Wildman–Crippen MR) is 145 cm³/mol. The third kappa shape index (κ3) is 9.61. The summed E-state index contributed by atoms with van der Waals surface area (Å²) in [7, 11) is 1.90. The predicted octanol–water partition coefficient (Wildman–Crippen LogP) is 3.86. The summed E-state index contributed by atoms with van der Waals surface area (Å²) < 4.78 is 0. The molecule has 0 aromatic heterocycles. The third-order valence-electron chi connectivity index (χ3n) is 5.11. The highest BCUT2D eigenvalue weighted by Crippen LogP contribution is 2.15. The van der Waals surface area contributed by atoms with Crippen LogP contribution in [0.25, 0.3) is 0 Å². The Morgan fingerprint density at radius 2 is 1.06 bits per heavy atom. The third-order valence-corrected chi connectivity index (χ3v) is 5.61. The van der Waals surface area contributed by atoms with Gasteiger partial charge in [-0.15, -0.1) is 0 Å². The maximum Gasteiger partial charge on any atom is 0.328 e. The Morgan fingerprint density at radius 3 is 1.36 bits per heavy atom. The minimum atomic E-state index is -0.503. The summed E-state index contributed by atoms with van der Waals surface area (Å²) >= 11 is 11.7. The summed E-state index contributed by atoms with van der Waals surface area (Å²) in [6.45, 7) is 1.74. The topological polar surface area (TPSA) is 168 Å². The van der Waals surface area contributed by atoms with Crippen molar-refractivity contribution in [1.29, 1.82) is 10.8 Å². The summed E-state index contributed by atoms with van der Waals surface area (Å²) in [6, 6.07) is 12.2. The fourth-order valence-electron chi connectivity index (χ4n) is 3.22. The smallest absolute Gasteiger partial charge is 0.328 e. The number of carbonyl (C=O) groups is 2. The highest BCUT2D eigenvalue weighted by atomic mass is 35.5. The zero-order valence-electron chi connectivity index (χ0n) is 19.9. The molecule has 194 valence electrons. The number of nitrogens with zero attached hydrogens (tertiary/aromatic N) is 3. The molecule has 0 unspecified atom stereocenters. The lowest BCUT2D eigenvalue weighted by molar-refractivity contribution is 0.227. The van der Waals surface area contributed by atoms with E-state index in [9.17, 15) is 9.59 Å². The van der Waals surface area contributed by atoms with E-state index in [1.807, 2.05) is 11.9 Å². The van der Waals surface area contributed by atoms with Crippen LogP contribution in [-0.2, 0) is 0 Å². The fourth-order valence-corrected chi connectivity index (χ4v) is 3.47. The zero-order valence-corrected chi connectivity index (χ0v) is 21.4. The first-order chi connectivity index (χ1) is 17.1. The average Bonchev–Trinajstić information content (AvgIpc) is 2.81. The Labute approximate surface area is 220 Å². The first kappa shape index (κ1) is 28.7. The lowest BCUT2D eigenvalue weighted by Crippen LogP contribution is -2.45. The van der Waals surface area contributed by atoms with Gasteiger partial charge in [0.25, 0.3) is 0 Å². The van der Waals surface area contributed by atoms with E-state index < -0.39 is 12.1 Å². The van der Waals surface area contributed by atoms with Crippen molar-refractivity contribution in [3.63, 3.8) is 0 Å². The van der Waals surface area contributed by atoms with Gasteiger partial charge >= 0.3 is 12.1 Å². The normalized spacial score (nSPS) is 10.6. The molecule has 0 saturated carbocycles. The first-order valence-corrected chi connectivity index (χ1v) is 11.9. The number of rotatable bonds is 10. The molecule has 0 saturated heterocycles. The summed E-state index contributed by atoms with van der Waals surface area (Å²) in [4.78, 5) is 29.3. The first-order valence-electron chi connectivity index (χ1n) is 11.1. The maximum atomic E-state index is 12.5. The fraction of sp³-hybridized carbons (Fsp3) is 0.304. The lowest BCUT2D eigenvalue weighted by Gasteiger charge is -2.24. The van der Waals surface area contributed by atoms with Crippen LogP contribution in [0.1, 0.15) is 12.8 Å². The van der Waals surface area contributed by atoms with Gasteiger partial charge in [-0.05, 0) is 81.5 Å². The van der Waals surface area contributed by atoms with E-state index in [0.717, 1.165) is 9.80 Å². The van der Waals surface area contributed by atoms with E-state index in [-0.39, 0.29) is 25.0 Å². The largest absolute Gasteiger partial charge is 0.370 e. The molecule has 0 heterocycles. The number of benzene rings is 2. The highest BCUT2D eigenvalue weighted by Gasteiger charge is 2.18. The molecule has 8 N–H and O–H groups in total. The molecule has 11 nitrogen and oxygen atoms in total. The summed E-state index contributed by atoms with van der Waals surface area (Å²) in [6.07, 6.45) is 1.13. The van der Waals surface area contributed by atoms with Crippen molar-refractivity contribution in [3.05, 3.63) is 58.6 Å². The van der Waals surface area contributed by atoms with Crippen molar-refractivity contribution in [2.24, 2.45) is 11.5 Å². The van der Waals surface area contributed by atoms with Crippen LogP contribution in [0.3, 0.4) is 0 Å². The monoisotopic (exact) mass is 535 g/mol. The van der Waals surface area contributed by atoms with Gasteiger partial charge in [-0.1, -0.05) is 23.2 Å². The number of anilines is 2. The van der Waals surface area contributed by atoms with Gasteiger partial charge in [0.2, 0.25) is 0 Å². The molecule has 0 fully saturated rings. The van der Waals surface area contributed by atoms with Crippen molar-refractivity contribution >= 4 is 58.6 Å². The van der Waals surface area contributed by atoms with Crippen molar-refractivity contribution in [2.75, 3.05) is 43.9 Å². The number of urea groups is 2. The molecule has 0 radical (unpaired) electrons. The Morgan fingerprint density at radius 1 is 0.722 bits per heavy atom. The van der Waals surface area contributed by atoms with E-state index in [1.54, 1.807) is 48.5 Å². The van der Waals surface area contributed by atoms with Crippen LogP contribution in [0.5, 0.6) is 0 Å². The standard InChI is InChI=1S/C23H31Cl2N9O2/c1-32(12-2-14-33(20(26)27)22(35)30-18-8-4-16(24)5-9-18)13-3-15-34(21(28)29)23(36)31-19-10-6-17(25)7-11-19/h4-11H,2-3,12-15H2,1H3,(H3,26,27)(H3,28,29)(H,30,35)(H,31,36). The Hall–Kier alpha value is -3.54. The Balaban J connectivity index is 1.76. The summed E-state index contributed by atoms with van der Waals surface area (Å²) in [5.74, 6) is -0.708. The van der Waals surface area contributed by atoms with E-state index in [4.69, 9.17) is 45.5 Å². The van der Waals surface area contributed by atoms with Crippen LogP contribution in [0, 0.1) is 10.8 Å². The van der Waals surface area contributed by atoms with Crippen LogP contribution >= 0.6 is 23.2 Å². The summed E-state index contributed by atoms with van der Waals surface area (Å²) in [5, 5.41) is 21.9. The van der Waals surface area contributed by atoms with Crippen LogP contribution < -0.4 is 22.1 Å². The Kier molecular flexibility index (Phi) is 11.3. The van der Waals surface area contributed by atoms with Crippen LogP contribution in [0.2, 0.25) is 10.0 Å². The van der Waals surface area contributed by atoms with Crippen molar-refractivity contribution in [3.8, 4) is 0 Å². The number of carbonyl (C=O) groups excluding carboxylic acids is 2. The van der Waals surface area contributed by atoms with Gasteiger partial charge in [0.15, 0.2) is 11.9 Å². The molecule has 4 amide bonds. The van der Waals surface area contributed by atoms with Crippen molar-refractivity contribution in [2.45, 2.75) is 12.8 Å². The number of amides is 4. The van der Waals surface area contributed by atoms with Gasteiger partial charge in [-0.2, -0.15) is 0 Å². The van der Waals surface area contributed by atoms with Crippen molar-refractivity contribution in [1.82, 2.24) is 14.7 Å². The second kappa shape index (κ2) is 14.1. The van der Waals surface area contributed by atoms with Gasteiger partial charge in [-0.25, -0.2) is 9.59 Å². The van der Waals surface area contributed by atoms with Crippen LogP contribution in [0.4, 0.5) is 21.0 Å².